The molecule has 0 saturated carbocycles. The normalized spacial score (nSPS) is 19.9. The summed E-state index contributed by atoms with van der Waals surface area (Å²) in [5.41, 5.74) is 9.73. The molecule has 2 aromatic rings. The second-order valence-corrected chi connectivity index (χ2v) is 5.77. The van der Waals surface area contributed by atoms with Gasteiger partial charge in [0.25, 0.3) is 0 Å². The second kappa shape index (κ2) is 7.59. The Morgan fingerprint density at radius 2 is 1.88 bits per heavy atom. The Morgan fingerprint density at radius 1 is 1.12 bits per heavy atom. The largest absolute Gasteiger partial charge is 0.367 e. The fourth-order valence-electron chi connectivity index (χ4n) is 2.36. The third-order valence-corrected chi connectivity index (χ3v) is 3.90. The number of rotatable bonds is 5. The van der Waals surface area contributed by atoms with E-state index < -0.39 is 6.04 Å². The first kappa shape index (κ1) is 16.7. The van der Waals surface area contributed by atoms with Crippen molar-refractivity contribution >= 4 is 23.2 Å². The molecule has 0 aliphatic carbocycles. The van der Waals surface area contributed by atoms with Gasteiger partial charge in [-0.2, -0.15) is 5.53 Å². The summed E-state index contributed by atoms with van der Waals surface area (Å²) in [6.45, 7) is 0.122. The average molecular weight is 350 g/mol. The smallest absolute Gasteiger partial charge is 0.242 e. The molecule has 24 heavy (non-hydrogen) atoms. The van der Waals surface area contributed by atoms with E-state index in [0.29, 0.717) is 10.6 Å². The molecule has 1 fully saturated rings. The van der Waals surface area contributed by atoms with E-state index in [0.717, 1.165) is 5.69 Å². The number of hydrogen-bond donors (Lipinski definition) is 5. The van der Waals surface area contributed by atoms with Crippen LogP contribution in [0.3, 0.4) is 0 Å². The predicted octanol–water partition coefficient (Wildman–Crippen LogP) is 1.51. The Bertz CT molecular complexity index is 712. The van der Waals surface area contributed by atoms with E-state index in [-0.39, 0.29) is 24.4 Å². The van der Waals surface area contributed by atoms with Crippen LogP contribution in [0.2, 0.25) is 5.02 Å². The maximum absolute atomic E-state index is 13.6. The fourth-order valence-corrected chi connectivity index (χ4v) is 2.49. The van der Waals surface area contributed by atoms with Gasteiger partial charge in [0.05, 0.1) is 0 Å². The first-order valence-electron chi connectivity index (χ1n) is 7.43. The van der Waals surface area contributed by atoms with Gasteiger partial charge < -0.3 is 10.6 Å². The summed E-state index contributed by atoms with van der Waals surface area (Å²) >= 11 is 5.86. The molecule has 1 aliphatic rings. The molecule has 6 nitrogen and oxygen atoms in total. The predicted molar refractivity (Wildman–Crippen MR) is 90.3 cm³/mol. The first-order valence-corrected chi connectivity index (χ1v) is 7.80. The van der Waals surface area contributed by atoms with Gasteiger partial charge in [-0.05, 0) is 30.3 Å². The van der Waals surface area contributed by atoms with Gasteiger partial charge in [0.15, 0.2) is 0 Å². The number of hydrazine groups is 2. The van der Waals surface area contributed by atoms with Gasteiger partial charge in [0.1, 0.15) is 18.0 Å². The van der Waals surface area contributed by atoms with Crippen molar-refractivity contribution in [3.8, 4) is 0 Å². The van der Waals surface area contributed by atoms with Crippen molar-refractivity contribution < 1.29 is 9.18 Å². The van der Waals surface area contributed by atoms with Crippen LogP contribution in [0.15, 0.2) is 48.5 Å². The molecule has 0 bridgehead atoms. The average Bonchev–Trinajstić information content (AvgIpc) is 3.04. The molecule has 126 valence electrons. The number of hydrogen-bond acceptors (Lipinski definition) is 5. The van der Waals surface area contributed by atoms with Crippen LogP contribution in [0.25, 0.3) is 0 Å². The fraction of sp³-hybridized carbons (Fsp3) is 0.188. The summed E-state index contributed by atoms with van der Waals surface area (Å²) in [5.74, 6) is -0.605. The van der Waals surface area contributed by atoms with Crippen LogP contribution in [0.5, 0.6) is 0 Å². The monoisotopic (exact) mass is 349 g/mol. The van der Waals surface area contributed by atoms with Crippen molar-refractivity contribution in [2.45, 2.75) is 18.8 Å². The van der Waals surface area contributed by atoms with Crippen LogP contribution >= 0.6 is 11.6 Å². The molecule has 1 saturated heterocycles. The van der Waals surface area contributed by atoms with Crippen molar-refractivity contribution in [2.24, 2.45) is 0 Å². The maximum atomic E-state index is 13.6. The second-order valence-electron chi connectivity index (χ2n) is 5.33. The highest BCUT2D eigenvalue weighted by molar-refractivity contribution is 6.30. The summed E-state index contributed by atoms with van der Waals surface area (Å²) in [6, 6.07) is 12.9. The highest BCUT2D eigenvalue weighted by atomic mass is 35.5. The zero-order valence-electron chi connectivity index (χ0n) is 12.6. The summed E-state index contributed by atoms with van der Waals surface area (Å²) in [5, 5.41) is 6.54. The Kier molecular flexibility index (Phi) is 5.27. The third kappa shape index (κ3) is 4.01. The molecule has 1 heterocycles. The van der Waals surface area contributed by atoms with E-state index in [1.807, 2.05) is 12.1 Å². The van der Waals surface area contributed by atoms with Gasteiger partial charge in [-0.3, -0.25) is 4.79 Å². The first-order chi connectivity index (χ1) is 11.6. The van der Waals surface area contributed by atoms with E-state index in [9.17, 15) is 9.18 Å². The molecule has 3 rings (SSSR count). The van der Waals surface area contributed by atoms with Gasteiger partial charge in [0, 0.05) is 22.8 Å². The molecular formula is C16H17ClFN5O. The van der Waals surface area contributed by atoms with Gasteiger partial charge in [-0.25, -0.2) is 15.2 Å². The summed E-state index contributed by atoms with van der Waals surface area (Å²) in [7, 11) is 0. The zero-order valence-corrected chi connectivity index (χ0v) is 13.4. The van der Waals surface area contributed by atoms with Crippen LogP contribution in [0.1, 0.15) is 5.56 Å². The SMILES string of the molecule is O=C(NCc1ccccc1F)C1NNNC1Nc1ccc(Cl)cc1. The van der Waals surface area contributed by atoms with Crippen molar-refractivity contribution in [1.29, 1.82) is 0 Å². The van der Waals surface area contributed by atoms with Crippen LogP contribution in [0, 0.1) is 5.82 Å². The van der Waals surface area contributed by atoms with Crippen LogP contribution < -0.4 is 27.0 Å². The van der Waals surface area contributed by atoms with Gasteiger partial charge >= 0.3 is 0 Å². The number of halogens is 2. The molecular weight excluding hydrogens is 333 g/mol. The molecule has 5 N–H and O–H groups in total. The minimum Gasteiger partial charge on any atom is -0.367 e. The standard InChI is InChI=1S/C16H17ClFN5O/c17-11-5-7-12(8-6-11)20-15-14(21-23-22-15)16(24)19-9-10-3-1-2-4-13(10)18/h1-8,14-15,20-23H,9H2,(H,19,24). The van der Waals surface area contributed by atoms with E-state index in [4.69, 9.17) is 11.6 Å². The van der Waals surface area contributed by atoms with Crippen molar-refractivity contribution in [2.75, 3.05) is 5.32 Å². The van der Waals surface area contributed by atoms with Crippen molar-refractivity contribution in [3.05, 3.63) is 64.9 Å². The lowest BCUT2D eigenvalue weighted by atomic mass is 10.2. The topological polar surface area (TPSA) is 77.2 Å². The van der Waals surface area contributed by atoms with Crippen LogP contribution in [-0.2, 0) is 11.3 Å². The van der Waals surface area contributed by atoms with E-state index in [1.54, 1.807) is 30.3 Å². The molecule has 1 amide bonds. The van der Waals surface area contributed by atoms with E-state index >= 15 is 0 Å². The summed E-state index contributed by atoms with van der Waals surface area (Å²) in [4.78, 5) is 12.3. The lowest BCUT2D eigenvalue weighted by Crippen LogP contribution is -2.50. The van der Waals surface area contributed by atoms with Crippen LogP contribution in [0.4, 0.5) is 10.1 Å². The number of anilines is 1. The lowest BCUT2D eigenvalue weighted by Gasteiger charge is -2.20. The molecule has 1 aliphatic heterocycles. The lowest BCUT2D eigenvalue weighted by molar-refractivity contribution is -0.123. The molecule has 0 aromatic heterocycles. The van der Waals surface area contributed by atoms with Crippen molar-refractivity contribution in [3.63, 3.8) is 0 Å². The molecule has 2 unspecified atom stereocenters. The summed E-state index contributed by atoms with van der Waals surface area (Å²) < 4.78 is 13.6. The Labute approximate surface area is 143 Å². The Hall–Kier alpha value is -2.19. The van der Waals surface area contributed by atoms with Gasteiger partial charge in [-0.15, -0.1) is 0 Å². The molecule has 2 atom stereocenters. The molecule has 0 radical (unpaired) electrons. The highest BCUT2D eigenvalue weighted by Crippen LogP contribution is 2.15. The third-order valence-electron chi connectivity index (χ3n) is 3.65. The zero-order chi connectivity index (χ0) is 16.9. The summed E-state index contributed by atoms with van der Waals surface area (Å²) in [6.07, 6.45) is -0.383. The van der Waals surface area contributed by atoms with E-state index in [1.165, 1.54) is 6.07 Å². The van der Waals surface area contributed by atoms with Crippen molar-refractivity contribution in [1.82, 2.24) is 21.7 Å². The Balaban J connectivity index is 1.59. The maximum Gasteiger partial charge on any atom is 0.242 e. The van der Waals surface area contributed by atoms with Crippen LogP contribution in [-0.4, -0.2) is 18.1 Å². The number of amides is 1. The minimum absolute atomic E-state index is 0.122. The quantitative estimate of drug-likeness (QED) is 0.566. The molecule has 0 spiro atoms. The number of benzene rings is 2. The number of nitrogens with one attached hydrogen (secondary N) is 5. The molecule has 2 aromatic carbocycles. The van der Waals surface area contributed by atoms with Gasteiger partial charge in [0.2, 0.25) is 5.91 Å². The minimum atomic E-state index is -0.576. The van der Waals surface area contributed by atoms with E-state index in [2.05, 4.69) is 27.0 Å². The molecule has 8 heteroatoms. The number of carbonyl (C=O) groups is 1. The van der Waals surface area contributed by atoms with Gasteiger partial charge in [-0.1, -0.05) is 29.8 Å². The Morgan fingerprint density at radius 3 is 2.62 bits per heavy atom. The highest BCUT2D eigenvalue weighted by Gasteiger charge is 2.32. The number of carbonyl (C=O) groups excluding carboxylic acids is 1.